The van der Waals surface area contributed by atoms with Crippen molar-refractivity contribution < 1.29 is 18.1 Å². The van der Waals surface area contributed by atoms with Crippen LogP contribution in [-0.2, 0) is 13.3 Å². The molecule has 0 spiro atoms. The van der Waals surface area contributed by atoms with Crippen molar-refractivity contribution in [2.75, 3.05) is 14.2 Å². The van der Waals surface area contributed by atoms with Crippen LogP contribution < -0.4 is 0 Å². The molecular weight excluding hydrogens is 224 g/mol. The zero-order valence-electron chi connectivity index (χ0n) is 9.84. The second kappa shape index (κ2) is 6.12. The number of hydrogen-bond acceptors (Lipinski definition) is 4. The lowest BCUT2D eigenvalue weighted by molar-refractivity contribution is -0.0102. The van der Waals surface area contributed by atoms with Crippen LogP contribution >= 0.6 is 0 Å². The van der Waals surface area contributed by atoms with E-state index in [2.05, 4.69) is 0 Å². The molecule has 1 aromatic rings. The van der Waals surface area contributed by atoms with E-state index in [1.54, 1.807) is 0 Å². The average Bonchev–Trinajstić information content (AvgIpc) is 2.36. The van der Waals surface area contributed by atoms with Gasteiger partial charge in [0.2, 0.25) is 0 Å². The van der Waals surface area contributed by atoms with Crippen molar-refractivity contribution in [2.45, 2.75) is 19.4 Å². The highest BCUT2D eigenvalue weighted by atomic mass is 28.4. The summed E-state index contributed by atoms with van der Waals surface area (Å²) < 4.78 is 15.3. The van der Waals surface area contributed by atoms with Crippen molar-refractivity contribution in [3.8, 4) is 0 Å². The Morgan fingerprint density at radius 1 is 1.19 bits per heavy atom. The molecular formula is C11H18O4Si. The average molecular weight is 242 g/mol. The van der Waals surface area contributed by atoms with Crippen LogP contribution in [0.4, 0.5) is 0 Å². The van der Waals surface area contributed by atoms with Gasteiger partial charge in [0.05, 0.1) is 6.10 Å². The van der Waals surface area contributed by atoms with Crippen LogP contribution in [0, 0.1) is 0 Å². The first-order chi connectivity index (χ1) is 7.65. The Morgan fingerprint density at radius 3 is 2.19 bits per heavy atom. The van der Waals surface area contributed by atoms with E-state index < -0.39 is 9.05 Å². The molecule has 1 unspecified atom stereocenters. The molecule has 0 saturated heterocycles. The van der Waals surface area contributed by atoms with Gasteiger partial charge in [-0.15, -0.1) is 0 Å². The van der Waals surface area contributed by atoms with Crippen LogP contribution in [0.15, 0.2) is 30.3 Å². The van der Waals surface area contributed by atoms with E-state index in [9.17, 15) is 4.80 Å². The summed E-state index contributed by atoms with van der Waals surface area (Å²) in [5.74, 6) is 0. The smallest absolute Gasteiger partial charge is 0.367 e. The molecule has 0 aliphatic rings. The highest BCUT2D eigenvalue weighted by Gasteiger charge is 2.41. The molecule has 1 aromatic carbocycles. The van der Waals surface area contributed by atoms with Gasteiger partial charge in [-0.05, 0) is 12.0 Å². The molecule has 0 amide bonds. The van der Waals surface area contributed by atoms with E-state index in [-0.39, 0.29) is 6.10 Å². The van der Waals surface area contributed by atoms with Crippen LogP contribution in [-0.4, -0.2) is 28.1 Å². The van der Waals surface area contributed by atoms with Crippen molar-refractivity contribution in [3.05, 3.63) is 35.9 Å². The Kier molecular flexibility index (Phi) is 5.10. The van der Waals surface area contributed by atoms with Crippen LogP contribution in [0.2, 0.25) is 0 Å². The maximum Gasteiger partial charge on any atom is 0.676 e. The van der Waals surface area contributed by atoms with Gasteiger partial charge in [-0.3, -0.25) is 0 Å². The van der Waals surface area contributed by atoms with E-state index in [1.165, 1.54) is 14.2 Å². The van der Waals surface area contributed by atoms with Gasteiger partial charge in [0.15, 0.2) is 0 Å². The zero-order valence-corrected chi connectivity index (χ0v) is 10.8. The van der Waals surface area contributed by atoms with Crippen molar-refractivity contribution in [1.82, 2.24) is 0 Å². The SMILES string of the molecule is CCC(O[Si](O)(OC)OC)c1ccccc1. The molecule has 90 valence electrons. The van der Waals surface area contributed by atoms with Crippen LogP contribution in [0.25, 0.3) is 0 Å². The minimum atomic E-state index is -3.46. The fraction of sp³-hybridized carbons (Fsp3) is 0.455. The van der Waals surface area contributed by atoms with E-state index >= 15 is 0 Å². The van der Waals surface area contributed by atoms with Crippen molar-refractivity contribution in [1.29, 1.82) is 0 Å². The van der Waals surface area contributed by atoms with Crippen LogP contribution in [0.5, 0.6) is 0 Å². The van der Waals surface area contributed by atoms with Crippen LogP contribution in [0.3, 0.4) is 0 Å². The van der Waals surface area contributed by atoms with Gasteiger partial charge < -0.3 is 18.1 Å². The number of rotatable bonds is 6. The van der Waals surface area contributed by atoms with Gasteiger partial charge in [-0.1, -0.05) is 37.3 Å². The molecule has 5 heteroatoms. The number of benzene rings is 1. The Labute approximate surface area is 97.3 Å². The third-order valence-electron chi connectivity index (χ3n) is 2.35. The van der Waals surface area contributed by atoms with Gasteiger partial charge in [0.1, 0.15) is 0 Å². The number of hydrogen-bond donors (Lipinski definition) is 1. The van der Waals surface area contributed by atoms with E-state index in [4.69, 9.17) is 13.3 Å². The molecule has 0 aliphatic heterocycles. The molecule has 0 heterocycles. The summed E-state index contributed by atoms with van der Waals surface area (Å²) >= 11 is 0. The molecule has 4 nitrogen and oxygen atoms in total. The molecule has 16 heavy (non-hydrogen) atoms. The van der Waals surface area contributed by atoms with Crippen molar-refractivity contribution in [2.24, 2.45) is 0 Å². The maximum absolute atomic E-state index is 9.86. The maximum atomic E-state index is 9.86. The summed E-state index contributed by atoms with van der Waals surface area (Å²) in [4.78, 5) is 9.86. The molecule has 0 aliphatic carbocycles. The van der Waals surface area contributed by atoms with E-state index in [0.29, 0.717) is 0 Å². The summed E-state index contributed by atoms with van der Waals surface area (Å²) in [5, 5.41) is 0. The Morgan fingerprint density at radius 2 is 1.75 bits per heavy atom. The fourth-order valence-corrected chi connectivity index (χ4v) is 2.44. The summed E-state index contributed by atoms with van der Waals surface area (Å²) in [5.41, 5.74) is 1.00. The summed E-state index contributed by atoms with van der Waals surface area (Å²) in [6.45, 7) is 1.98. The lowest BCUT2D eigenvalue weighted by atomic mass is 10.1. The summed E-state index contributed by atoms with van der Waals surface area (Å²) in [7, 11) is -0.699. The molecule has 0 saturated carbocycles. The lowest BCUT2D eigenvalue weighted by Gasteiger charge is -2.25. The molecule has 1 atom stereocenters. The topological polar surface area (TPSA) is 47.9 Å². The Hall–Kier alpha value is -0.723. The minimum Gasteiger partial charge on any atom is -0.367 e. The van der Waals surface area contributed by atoms with E-state index in [0.717, 1.165) is 12.0 Å². The van der Waals surface area contributed by atoms with Gasteiger partial charge in [-0.2, -0.15) is 0 Å². The van der Waals surface area contributed by atoms with E-state index in [1.807, 2.05) is 37.3 Å². The highest BCUT2D eigenvalue weighted by Crippen LogP contribution is 2.24. The standard InChI is InChI=1S/C11H18O4Si/c1-4-11(10-8-6-5-7-9-10)15-16(12,13-2)14-3/h5-9,11-12H,4H2,1-3H3. The first kappa shape index (κ1) is 13.3. The lowest BCUT2D eigenvalue weighted by Crippen LogP contribution is -2.45. The highest BCUT2D eigenvalue weighted by molar-refractivity contribution is 6.51. The molecule has 0 bridgehead atoms. The normalized spacial score (nSPS) is 13.8. The summed E-state index contributed by atoms with van der Waals surface area (Å²) in [6, 6.07) is 9.71. The van der Waals surface area contributed by atoms with Gasteiger partial charge in [0, 0.05) is 14.2 Å². The third-order valence-corrected chi connectivity index (χ3v) is 3.96. The predicted octanol–water partition coefficient (Wildman–Crippen LogP) is 1.88. The third kappa shape index (κ3) is 3.40. The Balaban J connectivity index is 2.77. The molecule has 0 fully saturated rings. The van der Waals surface area contributed by atoms with Crippen molar-refractivity contribution in [3.63, 3.8) is 0 Å². The second-order valence-electron chi connectivity index (χ2n) is 3.36. The molecule has 1 rings (SSSR count). The molecule has 0 aromatic heterocycles. The monoisotopic (exact) mass is 242 g/mol. The fourth-order valence-electron chi connectivity index (χ4n) is 1.41. The molecule has 0 radical (unpaired) electrons. The zero-order chi connectivity index (χ0) is 12.0. The summed E-state index contributed by atoms with van der Waals surface area (Å²) in [6.07, 6.45) is 0.532. The first-order valence-corrected chi connectivity index (χ1v) is 6.87. The second-order valence-corrected chi connectivity index (χ2v) is 5.46. The van der Waals surface area contributed by atoms with Gasteiger partial charge >= 0.3 is 9.05 Å². The quantitative estimate of drug-likeness (QED) is 0.774. The minimum absolute atomic E-state index is 0.210. The van der Waals surface area contributed by atoms with Crippen molar-refractivity contribution >= 4 is 9.05 Å². The largest absolute Gasteiger partial charge is 0.676 e. The Bertz CT molecular complexity index is 300. The predicted molar refractivity (Wildman–Crippen MR) is 62.5 cm³/mol. The molecule has 1 N–H and O–H groups in total. The van der Waals surface area contributed by atoms with Crippen LogP contribution in [0.1, 0.15) is 25.0 Å². The van der Waals surface area contributed by atoms with Gasteiger partial charge in [-0.25, -0.2) is 0 Å². The first-order valence-electron chi connectivity index (χ1n) is 5.20. The van der Waals surface area contributed by atoms with Gasteiger partial charge in [0.25, 0.3) is 0 Å².